The van der Waals surface area contributed by atoms with Gasteiger partial charge in [0, 0.05) is 36.4 Å². The fourth-order valence-electron chi connectivity index (χ4n) is 2.75. The maximum absolute atomic E-state index is 12.2. The molecule has 0 aliphatic heterocycles. The minimum absolute atomic E-state index is 0.0200. The van der Waals surface area contributed by atoms with E-state index >= 15 is 0 Å². The summed E-state index contributed by atoms with van der Waals surface area (Å²) < 4.78 is 3.79. The molecule has 1 aromatic carbocycles. The lowest BCUT2D eigenvalue weighted by Gasteiger charge is -2.15. The number of urea groups is 1. The number of carbonyl (C=O) groups is 1. The Kier molecular flexibility index (Phi) is 4.83. The van der Waals surface area contributed by atoms with E-state index < -0.39 is 0 Å². The van der Waals surface area contributed by atoms with E-state index in [0.717, 1.165) is 22.8 Å². The second-order valence-electron chi connectivity index (χ2n) is 6.15. The molecule has 3 aromatic rings. The van der Waals surface area contributed by atoms with Crippen LogP contribution >= 0.6 is 0 Å². The normalized spacial score (nSPS) is 12.0. The van der Waals surface area contributed by atoms with Gasteiger partial charge in [-0.3, -0.25) is 0 Å². The Labute approximate surface area is 146 Å². The van der Waals surface area contributed by atoms with Gasteiger partial charge >= 0.3 is 6.03 Å². The first-order chi connectivity index (χ1) is 12.0. The SMILES string of the molecule is Cc1cc(C)n(-c2cccc(NC(=O)N[C@@H](C)Cn3ccnc3)c2)n1. The molecule has 0 saturated carbocycles. The van der Waals surface area contributed by atoms with E-state index in [2.05, 4.69) is 20.7 Å². The highest BCUT2D eigenvalue weighted by Gasteiger charge is 2.09. The Morgan fingerprint density at radius 2 is 2.12 bits per heavy atom. The van der Waals surface area contributed by atoms with Crippen LogP contribution in [0.3, 0.4) is 0 Å². The molecule has 2 aromatic heterocycles. The van der Waals surface area contributed by atoms with Gasteiger partial charge in [0.2, 0.25) is 0 Å². The number of nitrogens with one attached hydrogen (secondary N) is 2. The molecule has 7 nitrogen and oxygen atoms in total. The van der Waals surface area contributed by atoms with Crippen molar-refractivity contribution >= 4 is 11.7 Å². The molecule has 2 heterocycles. The van der Waals surface area contributed by atoms with Gasteiger partial charge in [0.25, 0.3) is 0 Å². The van der Waals surface area contributed by atoms with Gasteiger partial charge in [-0.05, 0) is 45.0 Å². The van der Waals surface area contributed by atoms with E-state index in [-0.39, 0.29) is 12.1 Å². The molecule has 2 amide bonds. The summed E-state index contributed by atoms with van der Waals surface area (Å²) in [5, 5.41) is 10.3. The first-order valence-electron chi connectivity index (χ1n) is 8.18. The number of carbonyl (C=O) groups excluding carboxylic acids is 1. The zero-order valence-corrected chi connectivity index (χ0v) is 14.6. The molecule has 1 atom stereocenters. The molecule has 0 bridgehead atoms. The number of aromatic nitrogens is 4. The zero-order chi connectivity index (χ0) is 17.8. The topological polar surface area (TPSA) is 76.8 Å². The predicted octanol–water partition coefficient (Wildman–Crippen LogP) is 2.90. The summed E-state index contributed by atoms with van der Waals surface area (Å²) in [7, 11) is 0. The molecule has 25 heavy (non-hydrogen) atoms. The number of anilines is 1. The monoisotopic (exact) mass is 338 g/mol. The molecule has 0 unspecified atom stereocenters. The van der Waals surface area contributed by atoms with Gasteiger partial charge in [0.05, 0.1) is 17.7 Å². The summed E-state index contributed by atoms with van der Waals surface area (Å²) in [6, 6.07) is 9.38. The number of amides is 2. The van der Waals surface area contributed by atoms with Crippen molar-refractivity contribution in [2.45, 2.75) is 33.4 Å². The number of rotatable bonds is 5. The number of hydrogen-bond acceptors (Lipinski definition) is 3. The molecule has 2 N–H and O–H groups in total. The Hall–Kier alpha value is -3.09. The Morgan fingerprint density at radius 3 is 2.80 bits per heavy atom. The van der Waals surface area contributed by atoms with Crippen LogP contribution in [0.25, 0.3) is 5.69 Å². The highest BCUT2D eigenvalue weighted by molar-refractivity contribution is 5.89. The van der Waals surface area contributed by atoms with Crippen LogP contribution < -0.4 is 10.6 Å². The van der Waals surface area contributed by atoms with Crippen molar-refractivity contribution in [2.24, 2.45) is 0 Å². The number of benzene rings is 1. The summed E-state index contributed by atoms with van der Waals surface area (Å²) in [6.45, 7) is 6.58. The molecule has 0 saturated heterocycles. The average molecular weight is 338 g/mol. The summed E-state index contributed by atoms with van der Waals surface area (Å²) in [5.41, 5.74) is 3.64. The summed E-state index contributed by atoms with van der Waals surface area (Å²) in [4.78, 5) is 16.2. The second kappa shape index (κ2) is 7.21. The van der Waals surface area contributed by atoms with Crippen LogP contribution in [0, 0.1) is 13.8 Å². The van der Waals surface area contributed by atoms with E-state index in [4.69, 9.17) is 0 Å². The van der Waals surface area contributed by atoms with Crippen LogP contribution in [0.15, 0.2) is 49.1 Å². The van der Waals surface area contributed by atoms with E-state index in [1.807, 2.05) is 66.5 Å². The standard InChI is InChI=1S/C18H22N6O/c1-13-9-15(3)24(22-13)17-6-4-5-16(10-17)21-18(25)20-14(2)11-23-8-7-19-12-23/h4-10,12,14H,11H2,1-3H3,(H2,20,21,25)/t14-/m0/s1. The average Bonchev–Trinajstić information content (AvgIpc) is 3.16. The third-order valence-corrected chi connectivity index (χ3v) is 3.78. The molecule has 0 aliphatic carbocycles. The Bertz CT molecular complexity index is 852. The summed E-state index contributed by atoms with van der Waals surface area (Å²) in [6.07, 6.45) is 5.32. The highest BCUT2D eigenvalue weighted by atomic mass is 16.2. The first-order valence-corrected chi connectivity index (χ1v) is 8.18. The Morgan fingerprint density at radius 1 is 1.28 bits per heavy atom. The van der Waals surface area contributed by atoms with Crippen LogP contribution in [0.1, 0.15) is 18.3 Å². The maximum atomic E-state index is 12.2. The quantitative estimate of drug-likeness (QED) is 0.751. The lowest BCUT2D eigenvalue weighted by Crippen LogP contribution is -2.38. The smallest absolute Gasteiger partial charge is 0.319 e. The van der Waals surface area contributed by atoms with E-state index in [1.165, 1.54) is 0 Å². The lowest BCUT2D eigenvalue weighted by atomic mass is 10.2. The number of hydrogen-bond donors (Lipinski definition) is 2. The fourth-order valence-corrected chi connectivity index (χ4v) is 2.75. The van der Waals surface area contributed by atoms with Crippen LogP contribution in [0.2, 0.25) is 0 Å². The van der Waals surface area contributed by atoms with Gasteiger partial charge in [0.15, 0.2) is 0 Å². The van der Waals surface area contributed by atoms with Crippen molar-refractivity contribution in [1.82, 2.24) is 24.6 Å². The molecule has 0 spiro atoms. The van der Waals surface area contributed by atoms with Crippen LogP contribution in [0.5, 0.6) is 0 Å². The van der Waals surface area contributed by atoms with E-state index in [9.17, 15) is 4.79 Å². The van der Waals surface area contributed by atoms with Crippen molar-refractivity contribution < 1.29 is 4.79 Å². The molecule has 0 radical (unpaired) electrons. The molecule has 130 valence electrons. The zero-order valence-electron chi connectivity index (χ0n) is 14.6. The minimum Gasteiger partial charge on any atom is -0.335 e. The molecule has 3 rings (SSSR count). The second-order valence-corrected chi connectivity index (χ2v) is 6.15. The van der Waals surface area contributed by atoms with Gasteiger partial charge in [-0.1, -0.05) is 6.07 Å². The van der Waals surface area contributed by atoms with Crippen molar-refractivity contribution in [3.8, 4) is 5.69 Å². The summed E-state index contributed by atoms with van der Waals surface area (Å²) >= 11 is 0. The summed E-state index contributed by atoms with van der Waals surface area (Å²) in [5.74, 6) is 0. The number of nitrogens with zero attached hydrogens (tertiary/aromatic N) is 4. The lowest BCUT2D eigenvalue weighted by molar-refractivity contribution is 0.248. The predicted molar refractivity (Wildman–Crippen MR) is 96.9 cm³/mol. The number of imidazole rings is 1. The van der Waals surface area contributed by atoms with Crippen molar-refractivity contribution in [2.75, 3.05) is 5.32 Å². The van der Waals surface area contributed by atoms with Crippen LogP contribution in [0.4, 0.5) is 10.5 Å². The Balaban J connectivity index is 1.63. The molecule has 0 fully saturated rings. The third kappa shape index (κ3) is 4.26. The van der Waals surface area contributed by atoms with Crippen molar-refractivity contribution in [3.63, 3.8) is 0 Å². The van der Waals surface area contributed by atoms with Crippen molar-refractivity contribution in [3.05, 3.63) is 60.4 Å². The molecular formula is C18H22N6O. The van der Waals surface area contributed by atoms with Gasteiger partial charge in [0.1, 0.15) is 0 Å². The van der Waals surface area contributed by atoms with Crippen molar-refractivity contribution in [1.29, 1.82) is 0 Å². The van der Waals surface area contributed by atoms with Crippen LogP contribution in [-0.4, -0.2) is 31.4 Å². The van der Waals surface area contributed by atoms with Gasteiger partial charge in [-0.25, -0.2) is 14.5 Å². The minimum atomic E-state index is -0.238. The van der Waals surface area contributed by atoms with Gasteiger partial charge in [-0.15, -0.1) is 0 Å². The largest absolute Gasteiger partial charge is 0.335 e. The van der Waals surface area contributed by atoms with E-state index in [1.54, 1.807) is 12.5 Å². The fraction of sp³-hybridized carbons (Fsp3) is 0.278. The third-order valence-electron chi connectivity index (χ3n) is 3.78. The number of aryl methyl sites for hydroxylation is 2. The van der Waals surface area contributed by atoms with Crippen LogP contribution in [-0.2, 0) is 6.54 Å². The molecular weight excluding hydrogens is 316 g/mol. The molecule has 0 aliphatic rings. The van der Waals surface area contributed by atoms with Gasteiger partial charge in [-0.2, -0.15) is 5.10 Å². The highest BCUT2D eigenvalue weighted by Crippen LogP contribution is 2.16. The maximum Gasteiger partial charge on any atom is 0.319 e. The first kappa shape index (κ1) is 16.8. The molecule has 7 heteroatoms. The van der Waals surface area contributed by atoms with E-state index in [0.29, 0.717) is 6.54 Å². The van der Waals surface area contributed by atoms with Gasteiger partial charge < -0.3 is 15.2 Å².